The lowest BCUT2D eigenvalue weighted by Gasteiger charge is -2.27. The summed E-state index contributed by atoms with van der Waals surface area (Å²) in [5.74, 6) is 2.41. The molecule has 1 saturated carbocycles. The molecule has 2 rings (SSSR count). The predicted octanol–water partition coefficient (Wildman–Crippen LogP) is 2.74. The molecule has 1 aliphatic carbocycles. The normalized spacial score (nSPS) is 26.6. The van der Waals surface area contributed by atoms with Crippen molar-refractivity contribution in [1.82, 2.24) is 10.2 Å². The third kappa shape index (κ3) is 3.69. The Hall–Kier alpha value is -0.0800. The Labute approximate surface area is 107 Å². The fourth-order valence-corrected chi connectivity index (χ4v) is 3.27. The fourth-order valence-electron chi connectivity index (χ4n) is 3.27. The minimum absolute atomic E-state index is 0.760. The summed E-state index contributed by atoms with van der Waals surface area (Å²) >= 11 is 0. The van der Waals surface area contributed by atoms with E-state index in [2.05, 4.69) is 37.9 Å². The van der Waals surface area contributed by atoms with Gasteiger partial charge < -0.3 is 5.32 Å². The van der Waals surface area contributed by atoms with Crippen LogP contribution >= 0.6 is 0 Å². The molecule has 0 amide bonds. The van der Waals surface area contributed by atoms with Crippen molar-refractivity contribution in [3.8, 4) is 0 Å². The van der Waals surface area contributed by atoms with Crippen molar-refractivity contribution < 1.29 is 0 Å². The van der Waals surface area contributed by atoms with Crippen molar-refractivity contribution in [1.29, 1.82) is 0 Å². The molecule has 0 bridgehead atoms. The van der Waals surface area contributed by atoms with Crippen molar-refractivity contribution in [3.63, 3.8) is 0 Å². The third-order valence-electron chi connectivity index (χ3n) is 4.64. The number of hydrogen-bond donors (Lipinski definition) is 1. The maximum absolute atomic E-state index is 3.82. The van der Waals surface area contributed by atoms with Gasteiger partial charge in [0.1, 0.15) is 0 Å². The second-order valence-electron chi connectivity index (χ2n) is 6.77. The van der Waals surface area contributed by atoms with Crippen LogP contribution in [0, 0.1) is 17.8 Å². The first-order chi connectivity index (χ1) is 8.08. The van der Waals surface area contributed by atoms with Crippen LogP contribution in [0.2, 0.25) is 0 Å². The highest BCUT2D eigenvalue weighted by Gasteiger charge is 2.34. The van der Waals surface area contributed by atoms with Crippen molar-refractivity contribution >= 4 is 0 Å². The van der Waals surface area contributed by atoms with Crippen LogP contribution in [0.1, 0.15) is 47.0 Å². The van der Waals surface area contributed by atoms with E-state index in [4.69, 9.17) is 0 Å². The minimum Gasteiger partial charge on any atom is -0.312 e. The Morgan fingerprint density at radius 2 is 1.71 bits per heavy atom. The second-order valence-corrected chi connectivity index (χ2v) is 6.77. The van der Waals surface area contributed by atoms with Crippen LogP contribution in [0.5, 0.6) is 0 Å². The number of nitrogens with one attached hydrogen (secondary N) is 1. The summed E-state index contributed by atoms with van der Waals surface area (Å²) < 4.78 is 0. The highest BCUT2D eigenvalue weighted by molar-refractivity contribution is 4.92. The van der Waals surface area contributed by atoms with Gasteiger partial charge in [-0.3, -0.25) is 4.90 Å². The molecule has 17 heavy (non-hydrogen) atoms. The SMILES string of the molecule is CC(C)C(CNC1CCN(C2CC2)C1)C(C)C. The molecule has 1 unspecified atom stereocenters. The Morgan fingerprint density at radius 3 is 2.24 bits per heavy atom. The van der Waals surface area contributed by atoms with Crippen molar-refractivity contribution in [2.45, 2.75) is 59.0 Å². The molecular weight excluding hydrogens is 208 g/mol. The molecule has 1 atom stereocenters. The van der Waals surface area contributed by atoms with Gasteiger partial charge in [-0.15, -0.1) is 0 Å². The Balaban J connectivity index is 1.70. The molecule has 2 nitrogen and oxygen atoms in total. The van der Waals surface area contributed by atoms with E-state index in [1.54, 1.807) is 0 Å². The van der Waals surface area contributed by atoms with E-state index >= 15 is 0 Å². The summed E-state index contributed by atoms with van der Waals surface area (Å²) in [6.07, 6.45) is 4.26. The van der Waals surface area contributed by atoms with Crippen LogP contribution in [0.25, 0.3) is 0 Å². The van der Waals surface area contributed by atoms with Crippen LogP contribution in [-0.4, -0.2) is 36.6 Å². The molecule has 2 heteroatoms. The van der Waals surface area contributed by atoms with E-state index in [-0.39, 0.29) is 0 Å². The van der Waals surface area contributed by atoms with Crippen LogP contribution in [0.3, 0.4) is 0 Å². The molecule has 0 aromatic rings. The minimum atomic E-state index is 0.760. The number of hydrogen-bond acceptors (Lipinski definition) is 2. The standard InChI is InChI=1S/C15H30N2/c1-11(2)15(12(3)4)9-16-13-7-8-17(10-13)14-5-6-14/h11-16H,5-10H2,1-4H3. The quantitative estimate of drug-likeness (QED) is 0.765. The summed E-state index contributed by atoms with van der Waals surface area (Å²) in [6, 6.07) is 1.71. The van der Waals surface area contributed by atoms with Gasteiger partial charge in [0.2, 0.25) is 0 Å². The first-order valence-electron chi connectivity index (χ1n) is 7.55. The Kier molecular flexibility index (Phi) is 4.48. The van der Waals surface area contributed by atoms with Gasteiger partial charge in [0.05, 0.1) is 0 Å². The van der Waals surface area contributed by atoms with E-state index in [1.807, 2.05) is 0 Å². The van der Waals surface area contributed by atoms with Crippen molar-refractivity contribution in [3.05, 3.63) is 0 Å². The van der Waals surface area contributed by atoms with E-state index in [1.165, 1.54) is 38.9 Å². The Bertz CT molecular complexity index is 225. The molecule has 0 aromatic carbocycles. The zero-order chi connectivity index (χ0) is 12.4. The molecule has 1 aliphatic heterocycles. The van der Waals surface area contributed by atoms with Gasteiger partial charge in [0.25, 0.3) is 0 Å². The average molecular weight is 238 g/mol. The lowest BCUT2D eigenvalue weighted by molar-refractivity contribution is 0.260. The van der Waals surface area contributed by atoms with E-state index in [0.29, 0.717) is 0 Å². The first-order valence-corrected chi connectivity index (χ1v) is 7.55. The zero-order valence-corrected chi connectivity index (χ0v) is 12.1. The molecule has 0 aromatic heterocycles. The van der Waals surface area contributed by atoms with E-state index in [9.17, 15) is 0 Å². The maximum atomic E-state index is 3.82. The largest absolute Gasteiger partial charge is 0.312 e. The van der Waals surface area contributed by atoms with Gasteiger partial charge in [-0.05, 0) is 43.6 Å². The van der Waals surface area contributed by atoms with E-state index in [0.717, 1.165) is 29.8 Å². The molecule has 1 N–H and O–H groups in total. The summed E-state index contributed by atoms with van der Waals surface area (Å²) in [5, 5.41) is 3.82. The monoisotopic (exact) mass is 238 g/mol. The second kappa shape index (κ2) is 5.71. The summed E-state index contributed by atoms with van der Waals surface area (Å²) in [6.45, 7) is 13.3. The first kappa shape index (κ1) is 13.4. The van der Waals surface area contributed by atoms with Crippen LogP contribution < -0.4 is 5.32 Å². The molecule has 0 radical (unpaired) electrons. The lowest BCUT2D eigenvalue weighted by atomic mass is 9.85. The highest BCUT2D eigenvalue weighted by Crippen LogP contribution is 2.30. The lowest BCUT2D eigenvalue weighted by Crippen LogP contribution is -2.38. The van der Waals surface area contributed by atoms with E-state index < -0.39 is 0 Å². The predicted molar refractivity (Wildman–Crippen MR) is 74.2 cm³/mol. The average Bonchev–Trinajstić information content (AvgIpc) is 2.99. The Morgan fingerprint density at radius 1 is 1.06 bits per heavy atom. The number of rotatable bonds is 6. The molecule has 100 valence electrons. The molecule has 1 saturated heterocycles. The molecule has 1 heterocycles. The molecule has 2 aliphatic rings. The van der Waals surface area contributed by atoms with Crippen LogP contribution in [0.4, 0.5) is 0 Å². The highest BCUT2D eigenvalue weighted by atomic mass is 15.2. The van der Waals surface area contributed by atoms with Gasteiger partial charge >= 0.3 is 0 Å². The van der Waals surface area contributed by atoms with Crippen LogP contribution in [-0.2, 0) is 0 Å². The van der Waals surface area contributed by atoms with Crippen LogP contribution in [0.15, 0.2) is 0 Å². The van der Waals surface area contributed by atoms with Crippen molar-refractivity contribution in [2.24, 2.45) is 17.8 Å². The summed E-state index contributed by atoms with van der Waals surface area (Å²) in [7, 11) is 0. The van der Waals surface area contributed by atoms with Crippen molar-refractivity contribution in [2.75, 3.05) is 19.6 Å². The van der Waals surface area contributed by atoms with Gasteiger partial charge in [-0.25, -0.2) is 0 Å². The zero-order valence-electron chi connectivity index (χ0n) is 12.1. The topological polar surface area (TPSA) is 15.3 Å². The summed E-state index contributed by atoms with van der Waals surface area (Å²) in [4.78, 5) is 2.69. The maximum Gasteiger partial charge on any atom is 0.0207 e. The number of nitrogens with zero attached hydrogens (tertiary/aromatic N) is 1. The van der Waals surface area contributed by atoms with Gasteiger partial charge in [-0.1, -0.05) is 27.7 Å². The van der Waals surface area contributed by atoms with Gasteiger partial charge in [0, 0.05) is 25.2 Å². The molecule has 2 fully saturated rings. The number of likely N-dealkylation sites (tertiary alicyclic amines) is 1. The third-order valence-corrected chi connectivity index (χ3v) is 4.64. The molecular formula is C15H30N2. The summed E-state index contributed by atoms with van der Waals surface area (Å²) in [5.41, 5.74) is 0. The smallest absolute Gasteiger partial charge is 0.0207 e. The molecule has 0 spiro atoms. The fraction of sp³-hybridized carbons (Fsp3) is 1.00. The van der Waals surface area contributed by atoms with Gasteiger partial charge in [0.15, 0.2) is 0 Å². The van der Waals surface area contributed by atoms with Gasteiger partial charge in [-0.2, -0.15) is 0 Å².